The number of rotatable bonds is 2. The van der Waals surface area contributed by atoms with Crippen molar-refractivity contribution in [2.45, 2.75) is 57.3 Å². The molecular formula is C11H19F3N2O. The monoisotopic (exact) mass is 252 g/mol. The largest absolute Gasteiger partial charge is 0.393 e. The van der Waals surface area contributed by atoms with Crippen molar-refractivity contribution in [3.8, 4) is 0 Å². The highest BCUT2D eigenvalue weighted by molar-refractivity contribution is 5.85. The SMILES string of the molecule is CC(C)(N)C(=O)NC1CCCCC1C(F)(F)F. The molecule has 6 heteroatoms. The molecule has 3 nitrogen and oxygen atoms in total. The Morgan fingerprint density at radius 3 is 2.24 bits per heavy atom. The molecule has 2 atom stereocenters. The highest BCUT2D eigenvalue weighted by atomic mass is 19.4. The maximum atomic E-state index is 12.8. The summed E-state index contributed by atoms with van der Waals surface area (Å²) in [5.41, 5.74) is 4.41. The third-order valence-electron chi connectivity index (χ3n) is 3.09. The minimum Gasteiger partial charge on any atom is -0.351 e. The van der Waals surface area contributed by atoms with Gasteiger partial charge in [0.05, 0.1) is 11.5 Å². The van der Waals surface area contributed by atoms with E-state index < -0.39 is 29.6 Å². The zero-order valence-electron chi connectivity index (χ0n) is 10.1. The molecule has 2 unspecified atom stereocenters. The van der Waals surface area contributed by atoms with Crippen LogP contribution in [0.3, 0.4) is 0 Å². The maximum Gasteiger partial charge on any atom is 0.393 e. The molecule has 0 aromatic carbocycles. The van der Waals surface area contributed by atoms with Gasteiger partial charge in [-0.05, 0) is 26.7 Å². The number of hydrogen-bond donors (Lipinski definition) is 2. The van der Waals surface area contributed by atoms with Gasteiger partial charge in [0, 0.05) is 6.04 Å². The van der Waals surface area contributed by atoms with Gasteiger partial charge in [-0.15, -0.1) is 0 Å². The van der Waals surface area contributed by atoms with Gasteiger partial charge in [0.25, 0.3) is 0 Å². The Kier molecular flexibility index (Phi) is 4.06. The molecule has 0 aromatic heterocycles. The van der Waals surface area contributed by atoms with Gasteiger partial charge in [-0.1, -0.05) is 12.8 Å². The molecule has 1 saturated carbocycles. The van der Waals surface area contributed by atoms with E-state index in [4.69, 9.17) is 5.73 Å². The average molecular weight is 252 g/mol. The fourth-order valence-corrected chi connectivity index (χ4v) is 2.05. The Hall–Kier alpha value is -0.780. The van der Waals surface area contributed by atoms with Gasteiger partial charge in [-0.3, -0.25) is 4.79 Å². The highest BCUT2D eigenvalue weighted by Gasteiger charge is 2.46. The summed E-state index contributed by atoms with van der Waals surface area (Å²) < 4.78 is 38.3. The van der Waals surface area contributed by atoms with Gasteiger partial charge in [0.15, 0.2) is 0 Å². The molecule has 17 heavy (non-hydrogen) atoms. The molecule has 1 aliphatic carbocycles. The summed E-state index contributed by atoms with van der Waals surface area (Å²) in [6.07, 6.45) is -2.53. The summed E-state index contributed by atoms with van der Waals surface area (Å²) in [6, 6.07) is -0.834. The second-order valence-corrected chi connectivity index (χ2v) is 5.23. The fraction of sp³-hybridized carbons (Fsp3) is 0.909. The van der Waals surface area contributed by atoms with Crippen molar-refractivity contribution >= 4 is 5.91 Å². The van der Waals surface area contributed by atoms with Crippen molar-refractivity contribution in [1.29, 1.82) is 0 Å². The highest BCUT2D eigenvalue weighted by Crippen LogP contribution is 2.37. The van der Waals surface area contributed by atoms with E-state index >= 15 is 0 Å². The van der Waals surface area contributed by atoms with E-state index in [0.29, 0.717) is 19.3 Å². The lowest BCUT2D eigenvalue weighted by Gasteiger charge is -2.35. The summed E-state index contributed by atoms with van der Waals surface area (Å²) in [5.74, 6) is -1.97. The molecule has 1 fully saturated rings. The Morgan fingerprint density at radius 2 is 1.76 bits per heavy atom. The van der Waals surface area contributed by atoms with E-state index in [1.165, 1.54) is 13.8 Å². The van der Waals surface area contributed by atoms with Crippen LogP contribution in [0.5, 0.6) is 0 Å². The second kappa shape index (κ2) is 4.84. The molecule has 0 aliphatic heterocycles. The van der Waals surface area contributed by atoms with E-state index in [-0.39, 0.29) is 6.42 Å². The first-order valence-electron chi connectivity index (χ1n) is 5.79. The number of hydrogen-bond acceptors (Lipinski definition) is 2. The molecule has 0 bridgehead atoms. The zero-order valence-corrected chi connectivity index (χ0v) is 10.1. The van der Waals surface area contributed by atoms with E-state index in [1.54, 1.807) is 0 Å². The second-order valence-electron chi connectivity index (χ2n) is 5.23. The fourth-order valence-electron chi connectivity index (χ4n) is 2.05. The number of halogens is 3. The number of nitrogens with two attached hydrogens (primary N) is 1. The molecule has 1 amide bonds. The molecule has 3 N–H and O–H groups in total. The van der Waals surface area contributed by atoms with Crippen molar-refractivity contribution in [2.24, 2.45) is 11.7 Å². The van der Waals surface area contributed by atoms with Gasteiger partial charge < -0.3 is 11.1 Å². The lowest BCUT2D eigenvalue weighted by atomic mass is 9.83. The third-order valence-corrected chi connectivity index (χ3v) is 3.09. The number of amides is 1. The van der Waals surface area contributed by atoms with E-state index in [2.05, 4.69) is 5.32 Å². The Labute approximate surface area is 98.9 Å². The van der Waals surface area contributed by atoms with Crippen LogP contribution in [-0.4, -0.2) is 23.7 Å². The Bertz CT molecular complexity index is 283. The van der Waals surface area contributed by atoms with Crippen LogP contribution in [-0.2, 0) is 4.79 Å². The van der Waals surface area contributed by atoms with Crippen LogP contribution in [0.4, 0.5) is 13.2 Å². The maximum absolute atomic E-state index is 12.8. The number of alkyl halides is 3. The predicted molar refractivity (Wildman–Crippen MR) is 58.2 cm³/mol. The van der Waals surface area contributed by atoms with Gasteiger partial charge in [-0.25, -0.2) is 0 Å². The van der Waals surface area contributed by atoms with Crippen LogP contribution in [0.15, 0.2) is 0 Å². The quantitative estimate of drug-likeness (QED) is 0.789. The van der Waals surface area contributed by atoms with Crippen molar-refractivity contribution in [2.75, 3.05) is 0 Å². The predicted octanol–water partition coefficient (Wildman–Crippen LogP) is 1.96. The van der Waals surface area contributed by atoms with Crippen LogP contribution < -0.4 is 11.1 Å². The van der Waals surface area contributed by atoms with Gasteiger partial charge in [-0.2, -0.15) is 13.2 Å². The first-order valence-corrected chi connectivity index (χ1v) is 5.79. The topological polar surface area (TPSA) is 55.1 Å². The van der Waals surface area contributed by atoms with Gasteiger partial charge >= 0.3 is 6.18 Å². The molecule has 0 aromatic rings. The van der Waals surface area contributed by atoms with Crippen LogP contribution in [0, 0.1) is 5.92 Å². The van der Waals surface area contributed by atoms with Gasteiger partial charge in [0.1, 0.15) is 0 Å². The van der Waals surface area contributed by atoms with Gasteiger partial charge in [0.2, 0.25) is 5.91 Å². The number of carbonyl (C=O) groups excluding carboxylic acids is 1. The molecule has 100 valence electrons. The average Bonchev–Trinajstić information content (AvgIpc) is 2.15. The molecule has 0 saturated heterocycles. The first-order chi connectivity index (χ1) is 7.62. The minimum atomic E-state index is -4.25. The van der Waals surface area contributed by atoms with Crippen LogP contribution >= 0.6 is 0 Å². The molecule has 1 aliphatic rings. The number of nitrogens with one attached hydrogen (secondary N) is 1. The summed E-state index contributed by atoms with van der Waals surface area (Å²) in [5, 5.41) is 2.43. The summed E-state index contributed by atoms with van der Waals surface area (Å²) in [4.78, 5) is 11.6. The van der Waals surface area contributed by atoms with Crippen molar-refractivity contribution in [1.82, 2.24) is 5.32 Å². The minimum absolute atomic E-state index is 0.0828. The normalized spacial score (nSPS) is 26.7. The third kappa shape index (κ3) is 3.87. The first kappa shape index (κ1) is 14.3. The van der Waals surface area contributed by atoms with Crippen LogP contribution in [0.2, 0.25) is 0 Å². The van der Waals surface area contributed by atoms with Crippen molar-refractivity contribution in [3.05, 3.63) is 0 Å². The lowest BCUT2D eigenvalue weighted by molar-refractivity contribution is -0.189. The standard InChI is InChI=1S/C11H19F3N2O/c1-10(2,15)9(17)16-8-6-4-3-5-7(8)11(12,13)14/h7-8H,3-6,15H2,1-2H3,(H,16,17). The van der Waals surface area contributed by atoms with E-state index in [1.807, 2.05) is 0 Å². The molecule has 0 radical (unpaired) electrons. The van der Waals surface area contributed by atoms with E-state index in [0.717, 1.165) is 0 Å². The Morgan fingerprint density at radius 1 is 1.24 bits per heavy atom. The molecule has 0 heterocycles. The summed E-state index contributed by atoms with van der Waals surface area (Å²) in [6.45, 7) is 2.96. The Balaban J connectivity index is 2.70. The summed E-state index contributed by atoms with van der Waals surface area (Å²) in [7, 11) is 0. The molecule has 1 rings (SSSR count). The van der Waals surface area contributed by atoms with Crippen LogP contribution in [0.25, 0.3) is 0 Å². The van der Waals surface area contributed by atoms with Crippen molar-refractivity contribution in [3.63, 3.8) is 0 Å². The number of carbonyl (C=O) groups is 1. The van der Waals surface area contributed by atoms with Crippen molar-refractivity contribution < 1.29 is 18.0 Å². The summed E-state index contributed by atoms with van der Waals surface area (Å²) >= 11 is 0. The van der Waals surface area contributed by atoms with E-state index in [9.17, 15) is 18.0 Å². The molecule has 0 spiro atoms. The molecular weight excluding hydrogens is 233 g/mol. The zero-order chi connectivity index (χ0) is 13.3. The smallest absolute Gasteiger partial charge is 0.351 e. The van der Waals surface area contributed by atoms with Crippen LogP contribution in [0.1, 0.15) is 39.5 Å². The lowest BCUT2D eigenvalue weighted by Crippen LogP contribution is -2.56.